The third kappa shape index (κ3) is 4.30. The van der Waals surface area contributed by atoms with E-state index in [1.807, 2.05) is 0 Å². The van der Waals surface area contributed by atoms with E-state index in [1.165, 1.54) is 62.1 Å². The largest absolute Gasteiger partial charge is 0.391 e. The van der Waals surface area contributed by atoms with Crippen molar-refractivity contribution in [3.05, 3.63) is 22.9 Å². The highest BCUT2D eigenvalue weighted by molar-refractivity contribution is 6.75. The van der Waals surface area contributed by atoms with E-state index in [-0.39, 0.29) is 6.10 Å². The van der Waals surface area contributed by atoms with Crippen LogP contribution in [0.5, 0.6) is 0 Å². The molecule has 0 fully saturated rings. The number of allylic oxidation sites excluding steroid dienone is 3. The molecule has 0 N–H and O–H groups in total. The zero-order valence-electron chi connectivity index (χ0n) is 14.1. The predicted octanol–water partition coefficient (Wildman–Crippen LogP) is 5.43. The van der Waals surface area contributed by atoms with Crippen molar-refractivity contribution in [2.24, 2.45) is 0 Å². The van der Waals surface area contributed by atoms with E-state index in [0.29, 0.717) is 0 Å². The smallest absolute Gasteiger partial charge is 0.368 e. The van der Waals surface area contributed by atoms with Crippen LogP contribution in [-0.2, 0) is 8.85 Å². The van der Waals surface area contributed by atoms with Gasteiger partial charge in [0.25, 0.3) is 0 Å². The summed E-state index contributed by atoms with van der Waals surface area (Å²) in [5.41, 5.74) is 1.50. The van der Waals surface area contributed by atoms with E-state index in [2.05, 4.69) is 32.9 Å². The van der Waals surface area contributed by atoms with Gasteiger partial charge >= 0.3 is 8.56 Å². The SMILES string of the molecule is CCO[Si](CC)(OC(C)C1=CCCCC1)C1=CCCCC1. The Hall–Kier alpha value is -0.383. The van der Waals surface area contributed by atoms with Crippen LogP contribution in [-0.4, -0.2) is 21.3 Å². The van der Waals surface area contributed by atoms with E-state index in [1.54, 1.807) is 0 Å². The summed E-state index contributed by atoms with van der Waals surface area (Å²) in [6, 6.07) is 1.03. The highest BCUT2D eigenvalue weighted by Crippen LogP contribution is 2.34. The first kappa shape index (κ1) is 17.0. The van der Waals surface area contributed by atoms with Gasteiger partial charge in [0.15, 0.2) is 0 Å². The fourth-order valence-electron chi connectivity index (χ4n) is 3.63. The number of rotatable bonds is 7. The fourth-order valence-corrected chi connectivity index (χ4v) is 7.06. The molecule has 0 bridgehead atoms. The molecule has 2 rings (SSSR count). The molecule has 0 amide bonds. The lowest BCUT2D eigenvalue weighted by molar-refractivity contribution is 0.148. The average molecular weight is 309 g/mol. The molecule has 0 saturated heterocycles. The molecular weight excluding hydrogens is 276 g/mol. The van der Waals surface area contributed by atoms with Crippen LogP contribution in [0, 0.1) is 0 Å². The summed E-state index contributed by atoms with van der Waals surface area (Å²) in [5, 5.41) is 1.52. The van der Waals surface area contributed by atoms with Gasteiger partial charge in [-0.2, -0.15) is 0 Å². The lowest BCUT2D eigenvalue weighted by Gasteiger charge is -2.36. The fraction of sp³-hybridized carbons (Fsp3) is 0.778. The first-order valence-electron chi connectivity index (χ1n) is 8.92. The first-order valence-corrected chi connectivity index (χ1v) is 10.9. The Morgan fingerprint density at radius 2 is 1.76 bits per heavy atom. The molecule has 2 aliphatic carbocycles. The van der Waals surface area contributed by atoms with Crippen molar-refractivity contribution in [1.82, 2.24) is 0 Å². The van der Waals surface area contributed by atoms with E-state index in [9.17, 15) is 0 Å². The van der Waals surface area contributed by atoms with Crippen molar-refractivity contribution in [2.75, 3.05) is 6.61 Å². The van der Waals surface area contributed by atoms with Gasteiger partial charge in [0.2, 0.25) is 0 Å². The Labute approximate surface area is 131 Å². The maximum Gasteiger partial charge on any atom is 0.368 e. The highest BCUT2D eigenvalue weighted by Gasteiger charge is 2.42. The van der Waals surface area contributed by atoms with E-state index in [0.717, 1.165) is 12.7 Å². The van der Waals surface area contributed by atoms with Gasteiger partial charge in [-0.05, 0) is 82.0 Å². The maximum atomic E-state index is 6.69. The lowest BCUT2D eigenvalue weighted by Crippen LogP contribution is -2.47. The standard InChI is InChI=1S/C18H32O2Si/c1-4-19-21(5-2,18-14-10-7-11-15-18)20-16(3)17-12-8-6-9-13-17/h12,14,16H,4-11,13,15H2,1-3H3. The van der Waals surface area contributed by atoms with Crippen LogP contribution in [0.1, 0.15) is 72.1 Å². The monoisotopic (exact) mass is 308 g/mol. The maximum absolute atomic E-state index is 6.69. The van der Waals surface area contributed by atoms with E-state index < -0.39 is 8.56 Å². The quantitative estimate of drug-likeness (QED) is 0.461. The molecule has 0 aliphatic heterocycles. The van der Waals surface area contributed by atoms with Crippen molar-refractivity contribution >= 4 is 8.56 Å². The molecule has 2 atom stereocenters. The summed E-state index contributed by atoms with van der Waals surface area (Å²) in [7, 11) is -2.20. The second-order valence-electron chi connectivity index (χ2n) is 6.30. The summed E-state index contributed by atoms with van der Waals surface area (Å²) in [4.78, 5) is 0. The summed E-state index contributed by atoms with van der Waals surface area (Å²) < 4.78 is 13.0. The van der Waals surface area contributed by atoms with E-state index >= 15 is 0 Å². The third-order valence-corrected chi connectivity index (χ3v) is 8.69. The van der Waals surface area contributed by atoms with Crippen molar-refractivity contribution in [3.63, 3.8) is 0 Å². The minimum Gasteiger partial charge on any atom is -0.391 e. The third-order valence-electron chi connectivity index (χ3n) is 4.84. The van der Waals surface area contributed by atoms with Gasteiger partial charge in [-0.3, -0.25) is 0 Å². The molecule has 0 heterocycles. The Morgan fingerprint density at radius 3 is 2.29 bits per heavy atom. The van der Waals surface area contributed by atoms with Crippen LogP contribution in [0.15, 0.2) is 22.9 Å². The van der Waals surface area contributed by atoms with Gasteiger partial charge in [0.1, 0.15) is 0 Å². The Kier molecular flexibility index (Phi) is 6.71. The second kappa shape index (κ2) is 8.30. The van der Waals surface area contributed by atoms with Crippen LogP contribution >= 0.6 is 0 Å². The molecule has 2 unspecified atom stereocenters. The summed E-state index contributed by atoms with van der Waals surface area (Å²) in [5.74, 6) is 0. The number of hydrogen-bond acceptors (Lipinski definition) is 2. The Morgan fingerprint density at radius 1 is 1.05 bits per heavy atom. The molecule has 0 spiro atoms. The minimum absolute atomic E-state index is 0.228. The molecule has 0 radical (unpaired) electrons. The summed E-state index contributed by atoms with van der Waals surface area (Å²) in [6.07, 6.45) is 15.2. The Balaban J connectivity index is 2.14. The normalized spacial score (nSPS) is 24.0. The molecule has 0 saturated carbocycles. The van der Waals surface area contributed by atoms with Gasteiger partial charge in [-0.1, -0.05) is 19.1 Å². The van der Waals surface area contributed by atoms with Gasteiger partial charge in [0, 0.05) is 6.61 Å². The van der Waals surface area contributed by atoms with Crippen LogP contribution < -0.4 is 0 Å². The molecular formula is C18H32O2Si. The van der Waals surface area contributed by atoms with Gasteiger partial charge in [-0.15, -0.1) is 0 Å². The molecule has 21 heavy (non-hydrogen) atoms. The molecule has 2 nitrogen and oxygen atoms in total. The van der Waals surface area contributed by atoms with Gasteiger partial charge < -0.3 is 8.85 Å². The molecule has 0 aromatic carbocycles. The molecule has 0 aromatic rings. The van der Waals surface area contributed by atoms with Crippen LogP contribution in [0.4, 0.5) is 0 Å². The summed E-state index contributed by atoms with van der Waals surface area (Å²) in [6.45, 7) is 7.36. The van der Waals surface area contributed by atoms with Crippen LogP contribution in [0.25, 0.3) is 0 Å². The van der Waals surface area contributed by atoms with E-state index in [4.69, 9.17) is 8.85 Å². The zero-order valence-corrected chi connectivity index (χ0v) is 15.1. The zero-order chi connectivity index (χ0) is 15.1. The lowest BCUT2D eigenvalue weighted by atomic mass is 9.96. The number of hydrogen-bond donors (Lipinski definition) is 0. The first-order chi connectivity index (χ1) is 10.2. The van der Waals surface area contributed by atoms with Crippen LogP contribution in [0.3, 0.4) is 0 Å². The van der Waals surface area contributed by atoms with Crippen molar-refractivity contribution < 1.29 is 8.85 Å². The minimum atomic E-state index is -2.20. The predicted molar refractivity (Wildman–Crippen MR) is 91.5 cm³/mol. The topological polar surface area (TPSA) is 18.5 Å². The van der Waals surface area contributed by atoms with Gasteiger partial charge in [-0.25, -0.2) is 0 Å². The average Bonchev–Trinajstić information content (AvgIpc) is 2.56. The van der Waals surface area contributed by atoms with Crippen molar-refractivity contribution in [3.8, 4) is 0 Å². The molecule has 0 aromatic heterocycles. The Bertz CT molecular complexity index is 389. The van der Waals surface area contributed by atoms with Crippen molar-refractivity contribution in [1.29, 1.82) is 0 Å². The second-order valence-corrected chi connectivity index (χ2v) is 9.68. The van der Waals surface area contributed by atoms with Crippen molar-refractivity contribution in [2.45, 2.75) is 84.3 Å². The molecule has 3 heteroatoms. The van der Waals surface area contributed by atoms with Crippen LogP contribution in [0.2, 0.25) is 6.04 Å². The highest BCUT2D eigenvalue weighted by atomic mass is 28.4. The molecule has 120 valence electrons. The summed E-state index contributed by atoms with van der Waals surface area (Å²) >= 11 is 0. The van der Waals surface area contributed by atoms with Gasteiger partial charge in [0.05, 0.1) is 6.10 Å². The molecule has 2 aliphatic rings.